The van der Waals surface area contributed by atoms with E-state index in [1.54, 1.807) is 24.3 Å². The minimum Gasteiger partial charge on any atom is -0.308 e. The third-order valence-electron chi connectivity index (χ3n) is 4.54. The lowest BCUT2D eigenvalue weighted by Crippen LogP contribution is -2.23. The summed E-state index contributed by atoms with van der Waals surface area (Å²) in [6, 6.07) is 16.8. The number of urea groups is 1. The van der Waals surface area contributed by atoms with Crippen molar-refractivity contribution in [1.82, 2.24) is 19.7 Å². The van der Waals surface area contributed by atoms with Crippen LogP contribution in [0.5, 0.6) is 0 Å². The molecule has 32 heavy (non-hydrogen) atoms. The van der Waals surface area contributed by atoms with E-state index in [1.807, 2.05) is 37.3 Å². The van der Waals surface area contributed by atoms with Crippen LogP contribution in [-0.2, 0) is 6.42 Å². The first kappa shape index (κ1) is 21.6. The fraction of sp³-hybridized carbons (Fsp3) is 0.0909. The summed E-state index contributed by atoms with van der Waals surface area (Å²) in [6.07, 6.45) is 0.574. The van der Waals surface area contributed by atoms with E-state index in [0.29, 0.717) is 39.4 Å². The first-order chi connectivity index (χ1) is 15.4. The van der Waals surface area contributed by atoms with Crippen molar-refractivity contribution < 1.29 is 4.79 Å². The molecule has 0 spiro atoms. The second-order valence-electron chi connectivity index (χ2n) is 6.81. The van der Waals surface area contributed by atoms with Crippen LogP contribution in [0, 0.1) is 0 Å². The number of rotatable bonds is 5. The summed E-state index contributed by atoms with van der Waals surface area (Å²) in [4.78, 5) is 31.9. The monoisotopic (exact) mass is 468 g/mol. The van der Waals surface area contributed by atoms with Crippen LogP contribution >= 0.6 is 23.2 Å². The Morgan fingerprint density at radius 1 is 1.03 bits per heavy atom. The summed E-state index contributed by atoms with van der Waals surface area (Å²) >= 11 is 11.9. The molecule has 0 bridgehead atoms. The second-order valence-corrected chi connectivity index (χ2v) is 7.63. The number of H-pyrrole nitrogens is 1. The van der Waals surface area contributed by atoms with Gasteiger partial charge in [-0.15, -0.1) is 0 Å². The molecule has 2 heterocycles. The maximum absolute atomic E-state index is 12.7. The molecule has 10 heteroatoms. The van der Waals surface area contributed by atoms with Crippen LogP contribution in [0.3, 0.4) is 0 Å². The lowest BCUT2D eigenvalue weighted by atomic mass is 10.2. The van der Waals surface area contributed by atoms with Gasteiger partial charge >= 0.3 is 6.03 Å². The van der Waals surface area contributed by atoms with Gasteiger partial charge in [-0.25, -0.2) is 9.78 Å². The van der Waals surface area contributed by atoms with Gasteiger partial charge in [0, 0.05) is 29.1 Å². The van der Waals surface area contributed by atoms with Gasteiger partial charge in [0.2, 0.25) is 5.95 Å². The molecule has 0 atom stereocenters. The molecule has 2 aromatic heterocycles. The van der Waals surface area contributed by atoms with Crippen LogP contribution in [0.15, 0.2) is 65.5 Å². The molecule has 0 aliphatic heterocycles. The Labute approximate surface area is 193 Å². The molecule has 0 aliphatic carbocycles. The summed E-state index contributed by atoms with van der Waals surface area (Å²) in [5.41, 5.74) is 2.19. The molecule has 2 aromatic carbocycles. The molecule has 0 saturated heterocycles. The van der Waals surface area contributed by atoms with E-state index in [4.69, 9.17) is 23.2 Å². The van der Waals surface area contributed by atoms with Crippen LogP contribution in [0.4, 0.5) is 16.3 Å². The van der Waals surface area contributed by atoms with Gasteiger partial charge in [0.1, 0.15) is 5.82 Å². The number of nitrogens with one attached hydrogen (secondary N) is 3. The maximum Gasteiger partial charge on any atom is 0.324 e. The van der Waals surface area contributed by atoms with Gasteiger partial charge in [0.05, 0.1) is 15.7 Å². The number of carbonyl (C=O) groups is 1. The zero-order chi connectivity index (χ0) is 22.7. The normalized spacial score (nSPS) is 10.7. The Hall–Kier alpha value is -3.62. The van der Waals surface area contributed by atoms with Crippen LogP contribution in [0.1, 0.15) is 12.6 Å². The predicted octanol–water partition coefficient (Wildman–Crippen LogP) is 5.14. The Morgan fingerprint density at radius 2 is 1.81 bits per heavy atom. The SMILES string of the molecule is CCc1cc(=O)[nH]c(-n2nc(-c3ccccc3)cc2NC(=O)Nc2ccc(Cl)c(Cl)c2)n1. The predicted molar refractivity (Wildman–Crippen MR) is 126 cm³/mol. The Balaban J connectivity index is 1.70. The number of aromatic amines is 1. The molecule has 3 N–H and O–H groups in total. The maximum atomic E-state index is 12.7. The van der Waals surface area contributed by atoms with Gasteiger partial charge in [-0.2, -0.15) is 9.78 Å². The summed E-state index contributed by atoms with van der Waals surface area (Å²) in [6.45, 7) is 1.90. The zero-order valence-corrected chi connectivity index (χ0v) is 18.4. The highest BCUT2D eigenvalue weighted by atomic mass is 35.5. The van der Waals surface area contributed by atoms with Crippen LogP contribution < -0.4 is 16.2 Å². The number of benzene rings is 2. The van der Waals surface area contributed by atoms with E-state index in [9.17, 15) is 9.59 Å². The van der Waals surface area contributed by atoms with Crippen molar-refractivity contribution >= 4 is 40.7 Å². The first-order valence-corrected chi connectivity index (χ1v) is 10.5. The van der Waals surface area contributed by atoms with Crippen molar-refractivity contribution in [3.63, 3.8) is 0 Å². The largest absolute Gasteiger partial charge is 0.324 e. The summed E-state index contributed by atoms with van der Waals surface area (Å²) in [7, 11) is 0. The number of amides is 2. The van der Waals surface area contributed by atoms with E-state index >= 15 is 0 Å². The number of carbonyl (C=O) groups excluding carboxylic acids is 1. The molecule has 2 amide bonds. The van der Waals surface area contributed by atoms with Crippen molar-refractivity contribution in [3.8, 4) is 17.2 Å². The highest BCUT2D eigenvalue weighted by Crippen LogP contribution is 2.26. The van der Waals surface area contributed by atoms with E-state index in [1.165, 1.54) is 10.7 Å². The lowest BCUT2D eigenvalue weighted by molar-refractivity contribution is 0.262. The number of hydrogen-bond acceptors (Lipinski definition) is 4. The number of hydrogen-bond donors (Lipinski definition) is 3. The molecule has 0 fully saturated rings. The van der Waals surface area contributed by atoms with Crippen LogP contribution in [0.2, 0.25) is 10.0 Å². The van der Waals surface area contributed by atoms with Crippen molar-refractivity contribution in [2.45, 2.75) is 13.3 Å². The van der Waals surface area contributed by atoms with Gasteiger partial charge in [0.25, 0.3) is 5.56 Å². The quantitative estimate of drug-likeness (QED) is 0.377. The number of anilines is 2. The number of halogens is 2. The van der Waals surface area contributed by atoms with Crippen LogP contribution in [-0.4, -0.2) is 25.8 Å². The highest BCUT2D eigenvalue weighted by molar-refractivity contribution is 6.42. The fourth-order valence-corrected chi connectivity index (χ4v) is 3.31. The zero-order valence-electron chi connectivity index (χ0n) is 16.9. The van der Waals surface area contributed by atoms with E-state index in [-0.39, 0.29) is 11.5 Å². The van der Waals surface area contributed by atoms with Gasteiger partial charge < -0.3 is 5.32 Å². The lowest BCUT2D eigenvalue weighted by Gasteiger charge is -2.10. The Morgan fingerprint density at radius 3 is 2.53 bits per heavy atom. The van der Waals surface area contributed by atoms with Crippen molar-refractivity contribution in [3.05, 3.63) is 86.8 Å². The van der Waals surface area contributed by atoms with Crippen molar-refractivity contribution in [2.24, 2.45) is 0 Å². The van der Waals surface area contributed by atoms with E-state index in [0.717, 1.165) is 5.56 Å². The third kappa shape index (κ3) is 4.82. The first-order valence-electron chi connectivity index (χ1n) is 9.72. The van der Waals surface area contributed by atoms with Crippen LogP contribution in [0.25, 0.3) is 17.2 Å². The minimum absolute atomic E-state index is 0.196. The second kappa shape index (κ2) is 9.25. The summed E-state index contributed by atoms with van der Waals surface area (Å²) in [5.74, 6) is 0.513. The summed E-state index contributed by atoms with van der Waals surface area (Å²) < 4.78 is 1.39. The molecular formula is C22H18Cl2N6O2. The molecule has 0 radical (unpaired) electrons. The van der Waals surface area contributed by atoms with Gasteiger partial charge in [-0.1, -0.05) is 60.5 Å². The van der Waals surface area contributed by atoms with Crippen molar-refractivity contribution in [2.75, 3.05) is 10.6 Å². The van der Waals surface area contributed by atoms with Gasteiger partial charge in [0.15, 0.2) is 0 Å². The number of nitrogens with zero attached hydrogens (tertiary/aromatic N) is 3. The third-order valence-corrected chi connectivity index (χ3v) is 5.28. The topological polar surface area (TPSA) is 105 Å². The molecule has 4 aromatic rings. The molecule has 4 rings (SSSR count). The summed E-state index contributed by atoms with van der Waals surface area (Å²) in [5, 5.41) is 10.7. The minimum atomic E-state index is -0.529. The smallest absolute Gasteiger partial charge is 0.308 e. The Bertz CT molecular complexity index is 1330. The van der Waals surface area contributed by atoms with Gasteiger partial charge in [-0.05, 0) is 24.6 Å². The molecule has 0 unspecified atom stereocenters. The highest BCUT2D eigenvalue weighted by Gasteiger charge is 2.16. The molecule has 0 aliphatic rings. The van der Waals surface area contributed by atoms with E-state index in [2.05, 4.69) is 25.7 Å². The number of aryl methyl sites for hydroxylation is 1. The molecule has 162 valence electrons. The molecule has 8 nitrogen and oxygen atoms in total. The van der Waals surface area contributed by atoms with E-state index < -0.39 is 6.03 Å². The standard InChI is InChI=1S/C22H18Cl2N6O2/c1-2-14-11-20(31)28-21(25-14)30-19(12-18(29-30)13-6-4-3-5-7-13)27-22(32)26-15-8-9-16(23)17(24)10-15/h3-12H,2H2,1H3,(H,25,28,31)(H2,26,27,32). The van der Waals surface area contributed by atoms with Crippen molar-refractivity contribution in [1.29, 1.82) is 0 Å². The molecular weight excluding hydrogens is 451 g/mol. The average molecular weight is 469 g/mol. The number of aromatic nitrogens is 4. The fourth-order valence-electron chi connectivity index (χ4n) is 3.01. The average Bonchev–Trinajstić information content (AvgIpc) is 3.20. The molecule has 0 saturated carbocycles. The Kier molecular flexibility index (Phi) is 6.25. The van der Waals surface area contributed by atoms with Gasteiger partial charge in [-0.3, -0.25) is 15.1 Å².